The van der Waals surface area contributed by atoms with Crippen molar-refractivity contribution in [3.05, 3.63) is 58.1 Å². The molecule has 0 atom stereocenters. The van der Waals surface area contributed by atoms with E-state index in [9.17, 15) is 4.79 Å². The van der Waals surface area contributed by atoms with Crippen LogP contribution in [0.5, 0.6) is 11.5 Å². The smallest absolute Gasteiger partial charge is 0.343 e. The van der Waals surface area contributed by atoms with Crippen LogP contribution in [0.15, 0.2) is 46.9 Å². The minimum absolute atomic E-state index is 0.0712. The Labute approximate surface area is 152 Å². The van der Waals surface area contributed by atoms with Crippen LogP contribution in [0.4, 0.5) is 0 Å². The Balaban J connectivity index is 2.08. The molecular formula is C20H23BrO3. The number of hydrogen-bond donors (Lipinski definition) is 0. The highest BCUT2D eigenvalue weighted by Gasteiger charge is 2.15. The van der Waals surface area contributed by atoms with Crippen molar-refractivity contribution in [3.63, 3.8) is 0 Å². The number of rotatable bonds is 5. The molecule has 0 saturated carbocycles. The summed E-state index contributed by atoms with van der Waals surface area (Å²) in [6, 6.07) is 12.8. The summed E-state index contributed by atoms with van der Waals surface area (Å²) in [4.78, 5) is 12.3. The van der Waals surface area contributed by atoms with E-state index in [0.29, 0.717) is 17.9 Å². The lowest BCUT2D eigenvalue weighted by molar-refractivity contribution is 0.0734. The van der Waals surface area contributed by atoms with Gasteiger partial charge >= 0.3 is 5.97 Å². The molecule has 0 amide bonds. The fraction of sp³-hybridized carbons (Fsp3) is 0.350. The summed E-state index contributed by atoms with van der Waals surface area (Å²) < 4.78 is 11.8. The zero-order valence-corrected chi connectivity index (χ0v) is 16.1. The maximum absolute atomic E-state index is 12.3. The largest absolute Gasteiger partial charge is 0.492 e. The van der Waals surface area contributed by atoms with Gasteiger partial charge in [0.25, 0.3) is 0 Å². The first-order valence-corrected chi connectivity index (χ1v) is 8.85. The molecule has 0 unspecified atom stereocenters. The van der Waals surface area contributed by atoms with Gasteiger partial charge in [0.1, 0.15) is 11.5 Å². The molecule has 0 radical (unpaired) electrons. The van der Waals surface area contributed by atoms with Gasteiger partial charge in [0.05, 0.1) is 16.6 Å². The number of benzene rings is 2. The van der Waals surface area contributed by atoms with E-state index < -0.39 is 0 Å². The van der Waals surface area contributed by atoms with E-state index in [2.05, 4.69) is 36.7 Å². The van der Waals surface area contributed by atoms with Crippen LogP contribution in [0.1, 0.15) is 50.0 Å². The van der Waals surface area contributed by atoms with E-state index in [1.807, 2.05) is 31.2 Å². The average Bonchev–Trinajstić information content (AvgIpc) is 2.53. The molecule has 0 aliphatic heterocycles. The maximum atomic E-state index is 12.3. The first-order chi connectivity index (χ1) is 11.3. The van der Waals surface area contributed by atoms with Gasteiger partial charge in [0.15, 0.2) is 0 Å². The quantitative estimate of drug-likeness (QED) is 0.481. The van der Waals surface area contributed by atoms with Crippen LogP contribution in [0.2, 0.25) is 0 Å². The van der Waals surface area contributed by atoms with Crippen molar-refractivity contribution in [2.24, 2.45) is 0 Å². The summed E-state index contributed by atoms with van der Waals surface area (Å²) in [6.45, 7) is 9.13. The van der Waals surface area contributed by atoms with E-state index in [-0.39, 0.29) is 11.4 Å². The van der Waals surface area contributed by atoms with Crippen LogP contribution >= 0.6 is 15.9 Å². The van der Waals surface area contributed by atoms with Gasteiger partial charge in [-0.3, -0.25) is 0 Å². The molecule has 0 aliphatic rings. The highest BCUT2D eigenvalue weighted by atomic mass is 79.9. The Morgan fingerprint density at radius 3 is 2.29 bits per heavy atom. The fourth-order valence-electron chi connectivity index (χ4n) is 2.15. The number of halogens is 1. The summed E-state index contributed by atoms with van der Waals surface area (Å²) in [5.41, 5.74) is 1.75. The summed E-state index contributed by atoms with van der Waals surface area (Å²) >= 11 is 3.43. The SMILES string of the molecule is CCCOc1ccc(C(=O)Oc2ccc(C(C)(C)C)cc2)cc1Br. The Kier molecular flexibility index (Phi) is 6.05. The van der Waals surface area contributed by atoms with Gasteiger partial charge in [0, 0.05) is 0 Å². The van der Waals surface area contributed by atoms with E-state index in [1.54, 1.807) is 18.2 Å². The summed E-state index contributed by atoms with van der Waals surface area (Å²) in [5, 5.41) is 0. The molecule has 0 fully saturated rings. The molecular weight excluding hydrogens is 368 g/mol. The van der Waals surface area contributed by atoms with Crippen molar-refractivity contribution in [3.8, 4) is 11.5 Å². The summed E-state index contributed by atoms with van der Waals surface area (Å²) in [5.74, 6) is 0.875. The van der Waals surface area contributed by atoms with Crippen LogP contribution in [0.25, 0.3) is 0 Å². The van der Waals surface area contributed by atoms with Crippen molar-refractivity contribution < 1.29 is 14.3 Å². The molecule has 128 valence electrons. The highest BCUT2D eigenvalue weighted by Crippen LogP contribution is 2.28. The van der Waals surface area contributed by atoms with Gasteiger partial charge in [-0.25, -0.2) is 4.79 Å². The number of hydrogen-bond acceptors (Lipinski definition) is 3. The molecule has 24 heavy (non-hydrogen) atoms. The number of carbonyl (C=O) groups excluding carboxylic acids is 1. The van der Waals surface area contributed by atoms with Gasteiger partial charge in [-0.1, -0.05) is 39.8 Å². The molecule has 0 N–H and O–H groups in total. The molecule has 3 nitrogen and oxygen atoms in total. The molecule has 0 aromatic heterocycles. The third kappa shape index (κ3) is 4.84. The fourth-order valence-corrected chi connectivity index (χ4v) is 2.64. The molecule has 0 aliphatic carbocycles. The normalized spacial score (nSPS) is 11.2. The van der Waals surface area contributed by atoms with Gasteiger partial charge in [-0.2, -0.15) is 0 Å². The monoisotopic (exact) mass is 390 g/mol. The number of carbonyl (C=O) groups is 1. The van der Waals surface area contributed by atoms with E-state index in [1.165, 1.54) is 5.56 Å². The van der Waals surface area contributed by atoms with E-state index >= 15 is 0 Å². The van der Waals surface area contributed by atoms with Crippen molar-refractivity contribution >= 4 is 21.9 Å². The molecule has 2 rings (SSSR count). The lowest BCUT2D eigenvalue weighted by Crippen LogP contribution is -2.12. The number of esters is 1. The predicted octanol–water partition coefficient (Wildman–Crippen LogP) is 5.75. The van der Waals surface area contributed by atoms with Crippen LogP contribution < -0.4 is 9.47 Å². The van der Waals surface area contributed by atoms with Crippen LogP contribution in [0, 0.1) is 0 Å². The molecule has 0 bridgehead atoms. The zero-order valence-electron chi connectivity index (χ0n) is 14.6. The van der Waals surface area contributed by atoms with Crippen LogP contribution in [-0.2, 0) is 5.41 Å². The average molecular weight is 391 g/mol. The highest BCUT2D eigenvalue weighted by molar-refractivity contribution is 9.10. The Hall–Kier alpha value is -1.81. The van der Waals surface area contributed by atoms with Crippen molar-refractivity contribution in [1.29, 1.82) is 0 Å². The van der Waals surface area contributed by atoms with Gasteiger partial charge < -0.3 is 9.47 Å². The Morgan fingerprint density at radius 2 is 1.75 bits per heavy atom. The zero-order chi connectivity index (χ0) is 17.7. The van der Waals surface area contributed by atoms with Crippen molar-refractivity contribution in [1.82, 2.24) is 0 Å². The number of ether oxygens (including phenoxy) is 2. The first kappa shape index (κ1) is 18.5. The molecule has 0 saturated heterocycles. The minimum atomic E-state index is -0.388. The second kappa shape index (κ2) is 7.84. The molecule has 2 aromatic rings. The first-order valence-electron chi connectivity index (χ1n) is 8.06. The molecule has 2 aromatic carbocycles. The van der Waals surface area contributed by atoms with Crippen molar-refractivity contribution in [2.75, 3.05) is 6.61 Å². The van der Waals surface area contributed by atoms with Gasteiger partial charge in [-0.05, 0) is 63.7 Å². The minimum Gasteiger partial charge on any atom is -0.492 e. The molecule has 0 spiro atoms. The Morgan fingerprint density at radius 1 is 1.08 bits per heavy atom. The Bertz CT molecular complexity index is 700. The topological polar surface area (TPSA) is 35.5 Å². The molecule has 0 heterocycles. The summed E-state index contributed by atoms with van der Waals surface area (Å²) in [7, 11) is 0. The summed E-state index contributed by atoms with van der Waals surface area (Å²) in [6.07, 6.45) is 0.931. The predicted molar refractivity (Wildman–Crippen MR) is 100 cm³/mol. The lowest BCUT2D eigenvalue weighted by Gasteiger charge is -2.19. The van der Waals surface area contributed by atoms with Gasteiger partial charge in [0.2, 0.25) is 0 Å². The van der Waals surface area contributed by atoms with Crippen LogP contribution in [0.3, 0.4) is 0 Å². The third-order valence-corrected chi connectivity index (χ3v) is 4.18. The lowest BCUT2D eigenvalue weighted by atomic mass is 9.87. The van der Waals surface area contributed by atoms with Crippen LogP contribution in [-0.4, -0.2) is 12.6 Å². The van der Waals surface area contributed by atoms with Gasteiger partial charge in [-0.15, -0.1) is 0 Å². The maximum Gasteiger partial charge on any atom is 0.343 e. The van der Waals surface area contributed by atoms with E-state index in [0.717, 1.165) is 16.6 Å². The van der Waals surface area contributed by atoms with Crippen molar-refractivity contribution in [2.45, 2.75) is 39.5 Å². The van der Waals surface area contributed by atoms with E-state index in [4.69, 9.17) is 9.47 Å². The molecule has 4 heteroatoms. The second-order valence-electron chi connectivity index (χ2n) is 6.66. The standard InChI is InChI=1S/C20H23BrO3/c1-5-12-23-18-11-6-14(13-17(18)21)19(22)24-16-9-7-15(8-10-16)20(2,3)4/h6-11,13H,5,12H2,1-4H3. The third-order valence-electron chi connectivity index (χ3n) is 3.56. The second-order valence-corrected chi connectivity index (χ2v) is 7.51.